The van der Waals surface area contributed by atoms with Crippen LogP contribution in [0.5, 0.6) is 0 Å². The van der Waals surface area contributed by atoms with Crippen LogP contribution in [-0.4, -0.2) is 6.54 Å². The third-order valence-corrected chi connectivity index (χ3v) is 1.40. The summed E-state index contributed by atoms with van der Waals surface area (Å²) in [5, 5.41) is 3.28. The quantitative estimate of drug-likeness (QED) is 0.663. The Kier molecular flexibility index (Phi) is 7.46. The topological polar surface area (TPSA) is 12.0 Å². The smallest absolute Gasteiger partial charge is 0.0145 e. The van der Waals surface area contributed by atoms with Crippen molar-refractivity contribution in [3.63, 3.8) is 0 Å². The fourth-order valence-corrected chi connectivity index (χ4v) is 0.936. The Morgan fingerprint density at radius 2 is 2.00 bits per heavy atom. The SMILES string of the molecule is CC.CCNC1=CC=CC=CC1. The Balaban J connectivity index is 0.000000561. The van der Waals surface area contributed by atoms with Gasteiger partial charge in [-0.05, 0) is 13.0 Å². The zero-order valence-electron chi connectivity index (χ0n) is 8.30. The molecule has 0 radical (unpaired) electrons. The molecule has 0 amide bonds. The molecule has 0 bridgehead atoms. The summed E-state index contributed by atoms with van der Waals surface area (Å²) in [4.78, 5) is 0. The molecule has 0 aromatic heterocycles. The van der Waals surface area contributed by atoms with Gasteiger partial charge in [0, 0.05) is 18.7 Å². The standard InChI is InChI=1S/C9H13N.C2H6/c1-2-10-9-7-5-3-4-6-8-9;1-2/h3-7,10H,2,8H2,1H3;1-2H3. The second-order valence-electron chi connectivity index (χ2n) is 2.24. The van der Waals surface area contributed by atoms with Gasteiger partial charge in [0.25, 0.3) is 0 Å². The van der Waals surface area contributed by atoms with E-state index in [2.05, 4.69) is 36.5 Å². The summed E-state index contributed by atoms with van der Waals surface area (Å²) in [7, 11) is 0. The molecule has 1 heteroatoms. The van der Waals surface area contributed by atoms with Crippen molar-refractivity contribution < 1.29 is 0 Å². The Hall–Kier alpha value is -0.980. The van der Waals surface area contributed by atoms with Crippen LogP contribution in [-0.2, 0) is 0 Å². The average Bonchev–Trinajstić information content (AvgIpc) is 2.37. The molecule has 0 aliphatic heterocycles. The highest BCUT2D eigenvalue weighted by molar-refractivity contribution is 5.21. The Morgan fingerprint density at radius 1 is 1.25 bits per heavy atom. The van der Waals surface area contributed by atoms with Gasteiger partial charge in [0.05, 0.1) is 0 Å². The van der Waals surface area contributed by atoms with Crippen molar-refractivity contribution in [3.05, 3.63) is 36.1 Å². The third-order valence-electron chi connectivity index (χ3n) is 1.40. The molecule has 1 aliphatic rings. The Bertz CT molecular complexity index is 175. The maximum absolute atomic E-state index is 3.28. The van der Waals surface area contributed by atoms with Gasteiger partial charge >= 0.3 is 0 Å². The van der Waals surface area contributed by atoms with Crippen molar-refractivity contribution in [2.75, 3.05) is 6.54 Å². The van der Waals surface area contributed by atoms with E-state index in [1.54, 1.807) is 0 Å². The van der Waals surface area contributed by atoms with E-state index in [0.717, 1.165) is 13.0 Å². The Morgan fingerprint density at radius 3 is 2.67 bits per heavy atom. The van der Waals surface area contributed by atoms with Crippen molar-refractivity contribution in [2.24, 2.45) is 0 Å². The summed E-state index contributed by atoms with van der Waals surface area (Å²) >= 11 is 0. The highest BCUT2D eigenvalue weighted by Gasteiger charge is 1.90. The molecule has 0 unspecified atom stereocenters. The third kappa shape index (κ3) is 4.78. The van der Waals surface area contributed by atoms with E-state index in [1.165, 1.54) is 5.70 Å². The minimum Gasteiger partial charge on any atom is -0.388 e. The largest absolute Gasteiger partial charge is 0.388 e. The fourth-order valence-electron chi connectivity index (χ4n) is 0.936. The molecule has 0 spiro atoms. The normalized spacial score (nSPS) is 14.1. The van der Waals surface area contributed by atoms with Crippen LogP contribution >= 0.6 is 0 Å². The summed E-state index contributed by atoms with van der Waals surface area (Å²) in [5.41, 5.74) is 1.30. The van der Waals surface area contributed by atoms with Gasteiger partial charge in [0.2, 0.25) is 0 Å². The van der Waals surface area contributed by atoms with Gasteiger partial charge in [-0.2, -0.15) is 0 Å². The monoisotopic (exact) mass is 165 g/mol. The van der Waals surface area contributed by atoms with Gasteiger partial charge in [0.15, 0.2) is 0 Å². The second kappa shape index (κ2) is 8.12. The molecule has 0 saturated carbocycles. The van der Waals surface area contributed by atoms with E-state index < -0.39 is 0 Å². The van der Waals surface area contributed by atoms with Gasteiger partial charge in [-0.25, -0.2) is 0 Å². The molecule has 1 aliphatic carbocycles. The van der Waals surface area contributed by atoms with Crippen molar-refractivity contribution in [1.82, 2.24) is 5.32 Å². The van der Waals surface area contributed by atoms with Crippen LogP contribution < -0.4 is 5.32 Å². The van der Waals surface area contributed by atoms with Crippen molar-refractivity contribution >= 4 is 0 Å². The summed E-state index contributed by atoms with van der Waals surface area (Å²) in [6.07, 6.45) is 11.5. The van der Waals surface area contributed by atoms with Crippen LogP contribution in [0.4, 0.5) is 0 Å². The lowest BCUT2D eigenvalue weighted by atomic mass is 10.3. The van der Waals surface area contributed by atoms with Gasteiger partial charge in [-0.1, -0.05) is 38.2 Å². The molecule has 0 aromatic carbocycles. The minimum absolute atomic E-state index is 1.01. The Labute approximate surface area is 75.9 Å². The predicted octanol–water partition coefficient (Wildman–Crippen LogP) is 3.02. The molecular formula is C11H19N. The number of nitrogens with one attached hydrogen (secondary N) is 1. The van der Waals surface area contributed by atoms with E-state index in [-0.39, 0.29) is 0 Å². The van der Waals surface area contributed by atoms with Crippen LogP contribution in [0, 0.1) is 0 Å². The highest BCUT2D eigenvalue weighted by atomic mass is 14.9. The summed E-state index contributed by atoms with van der Waals surface area (Å²) in [6, 6.07) is 0. The minimum atomic E-state index is 1.01. The van der Waals surface area contributed by atoms with E-state index in [9.17, 15) is 0 Å². The number of rotatable bonds is 2. The number of hydrogen-bond donors (Lipinski definition) is 1. The molecule has 0 fully saturated rings. The molecule has 0 aromatic rings. The fraction of sp³-hybridized carbons (Fsp3) is 0.455. The number of allylic oxidation sites excluding steroid dienone is 5. The molecule has 1 N–H and O–H groups in total. The molecule has 1 nitrogen and oxygen atoms in total. The maximum Gasteiger partial charge on any atom is 0.0145 e. The van der Waals surface area contributed by atoms with Gasteiger partial charge in [-0.3, -0.25) is 0 Å². The van der Waals surface area contributed by atoms with E-state index in [1.807, 2.05) is 19.9 Å². The lowest BCUT2D eigenvalue weighted by Crippen LogP contribution is -2.10. The lowest BCUT2D eigenvalue weighted by molar-refractivity contribution is 0.828. The van der Waals surface area contributed by atoms with Crippen LogP contribution in [0.1, 0.15) is 27.2 Å². The first-order valence-electron chi connectivity index (χ1n) is 4.69. The zero-order chi connectivity index (χ0) is 9.23. The average molecular weight is 165 g/mol. The van der Waals surface area contributed by atoms with Gasteiger partial charge < -0.3 is 5.32 Å². The molecule has 0 atom stereocenters. The lowest BCUT2D eigenvalue weighted by Gasteiger charge is -2.03. The first-order valence-corrected chi connectivity index (χ1v) is 4.69. The van der Waals surface area contributed by atoms with Crippen molar-refractivity contribution in [3.8, 4) is 0 Å². The molecule has 1 rings (SSSR count). The van der Waals surface area contributed by atoms with Gasteiger partial charge in [-0.15, -0.1) is 0 Å². The summed E-state index contributed by atoms with van der Waals surface area (Å²) in [5.74, 6) is 0. The van der Waals surface area contributed by atoms with Gasteiger partial charge in [0.1, 0.15) is 0 Å². The maximum atomic E-state index is 3.28. The first kappa shape index (κ1) is 11.0. The van der Waals surface area contributed by atoms with Crippen LogP contribution in [0.25, 0.3) is 0 Å². The molecule has 0 heterocycles. The van der Waals surface area contributed by atoms with Crippen LogP contribution in [0.3, 0.4) is 0 Å². The van der Waals surface area contributed by atoms with E-state index in [4.69, 9.17) is 0 Å². The molecule has 68 valence electrons. The van der Waals surface area contributed by atoms with E-state index >= 15 is 0 Å². The van der Waals surface area contributed by atoms with Crippen molar-refractivity contribution in [2.45, 2.75) is 27.2 Å². The van der Waals surface area contributed by atoms with Crippen molar-refractivity contribution in [1.29, 1.82) is 0 Å². The molecule has 12 heavy (non-hydrogen) atoms. The first-order chi connectivity index (χ1) is 5.93. The van der Waals surface area contributed by atoms with E-state index in [0.29, 0.717) is 0 Å². The van der Waals surface area contributed by atoms with Crippen LogP contribution in [0.15, 0.2) is 36.1 Å². The predicted molar refractivity (Wildman–Crippen MR) is 56.0 cm³/mol. The summed E-state index contributed by atoms with van der Waals surface area (Å²) < 4.78 is 0. The summed E-state index contributed by atoms with van der Waals surface area (Å²) in [6.45, 7) is 7.12. The molecular weight excluding hydrogens is 146 g/mol. The van der Waals surface area contributed by atoms with Crippen LogP contribution in [0.2, 0.25) is 0 Å². The molecule has 0 saturated heterocycles. The second-order valence-corrected chi connectivity index (χ2v) is 2.24. The highest BCUT2D eigenvalue weighted by Crippen LogP contribution is 2.02. The number of hydrogen-bond acceptors (Lipinski definition) is 1. The zero-order valence-corrected chi connectivity index (χ0v) is 8.30.